The Bertz CT molecular complexity index is 541. The Morgan fingerprint density at radius 3 is 2.26 bits per heavy atom. The van der Waals surface area contributed by atoms with Gasteiger partial charge in [-0.2, -0.15) is 0 Å². The number of nitrogens with one attached hydrogen (secondary N) is 1. The fourth-order valence-corrected chi connectivity index (χ4v) is 2.18. The Hall–Kier alpha value is -1.98. The van der Waals surface area contributed by atoms with Crippen molar-refractivity contribution in [2.24, 2.45) is 5.92 Å². The Balaban J connectivity index is 2.92. The Morgan fingerprint density at radius 2 is 1.78 bits per heavy atom. The fraction of sp³-hybridized carbons (Fsp3) is 0.529. The number of unbranched alkanes of at least 4 members (excludes halogenated alkanes) is 1. The number of halogens is 2. The van der Waals surface area contributed by atoms with E-state index in [1.165, 1.54) is 11.0 Å². The number of carbonyl (C=O) groups is 2. The highest BCUT2D eigenvalue weighted by Gasteiger charge is 2.29. The minimum absolute atomic E-state index is 0.203. The minimum atomic E-state index is -0.947. The summed E-state index contributed by atoms with van der Waals surface area (Å²) in [4.78, 5) is 26.2. The van der Waals surface area contributed by atoms with Gasteiger partial charge in [0.25, 0.3) is 5.91 Å². The van der Waals surface area contributed by atoms with Crippen molar-refractivity contribution in [1.82, 2.24) is 10.2 Å². The molecule has 1 aromatic carbocycles. The molecule has 0 aliphatic heterocycles. The first-order valence-electron chi connectivity index (χ1n) is 7.79. The van der Waals surface area contributed by atoms with Gasteiger partial charge in [0.15, 0.2) is 0 Å². The molecule has 1 rings (SSSR count). The van der Waals surface area contributed by atoms with E-state index >= 15 is 0 Å². The molecule has 0 fully saturated rings. The smallest absolute Gasteiger partial charge is 0.257 e. The molecule has 0 bridgehead atoms. The molecule has 1 atom stereocenters. The lowest BCUT2D eigenvalue weighted by atomic mass is 10.0. The Kier molecular flexibility index (Phi) is 7.13. The first kappa shape index (κ1) is 19.1. The molecule has 6 heteroatoms. The van der Waals surface area contributed by atoms with E-state index in [2.05, 4.69) is 5.32 Å². The predicted octanol–water partition coefficient (Wildman–Crippen LogP) is 2.98. The van der Waals surface area contributed by atoms with Crippen LogP contribution in [-0.4, -0.2) is 36.3 Å². The summed E-state index contributed by atoms with van der Waals surface area (Å²) in [7, 11) is 1.66. The molecule has 0 heterocycles. The van der Waals surface area contributed by atoms with E-state index in [4.69, 9.17) is 0 Å². The molecule has 0 spiro atoms. The highest BCUT2D eigenvalue weighted by Crippen LogP contribution is 2.14. The highest BCUT2D eigenvalue weighted by atomic mass is 19.1. The molecule has 128 valence electrons. The minimum Gasteiger partial charge on any atom is -0.344 e. The third-order valence-electron chi connectivity index (χ3n) is 3.63. The zero-order valence-electron chi connectivity index (χ0n) is 14.0. The van der Waals surface area contributed by atoms with Crippen molar-refractivity contribution in [3.8, 4) is 0 Å². The van der Waals surface area contributed by atoms with E-state index < -0.39 is 29.1 Å². The quantitative estimate of drug-likeness (QED) is 0.837. The number of hydrogen-bond donors (Lipinski definition) is 1. The molecule has 1 N–H and O–H groups in total. The second-order valence-electron chi connectivity index (χ2n) is 5.91. The topological polar surface area (TPSA) is 49.4 Å². The largest absolute Gasteiger partial charge is 0.344 e. The molecule has 1 aromatic rings. The lowest BCUT2D eigenvalue weighted by Gasteiger charge is -2.27. The third kappa shape index (κ3) is 5.01. The van der Waals surface area contributed by atoms with Crippen molar-refractivity contribution in [3.05, 3.63) is 35.4 Å². The van der Waals surface area contributed by atoms with E-state index in [-0.39, 0.29) is 11.8 Å². The molecule has 0 aliphatic carbocycles. The lowest BCUT2D eigenvalue weighted by Crippen LogP contribution is -2.50. The summed E-state index contributed by atoms with van der Waals surface area (Å²) >= 11 is 0. The first-order chi connectivity index (χ1) is 10.8. The number of likely N-dealkylation sites (N-methyl/N-ethyl adjacent to an activating group) is 1. The summed E-state index contributed by atoms with van der Waals surface area (Å²) in [6.07, 6.45) is 1.79. The fourth-order valence-electron chi connectivity index (χ4n) is 2.18. The van der Waals surface area contributed by atoms with Gasteiger partial charge in [0.1, 0.15) is 23.2 Å². The van der Waals surface area contributed by atoms with E-state index in [0.717, 1.165) is 25.0 Å². The Morgan fingerprint density at radius 1 is 1.22 bits per heavy atom. The maximum absolute atomic E-state index is 13.7. The van der Waals surface area contributed by atoms with Gasteiger partial charge in [-0.05, 0) is 24.5 Å². The molecule has 4 nitrogen and oxygen atoms in total. The van der Waals surface area contributed by atoms with Crippen molar-refractivity contribution in [1.29, 1.82) is 0 Å². The van der Waals surface area contributed by atoms with E-state index in [9.17, 15) is 18.4 Å². The SMILES string of the molecule is CCCCN(C)C(=O)C(NC(=O)c1c(F)cccc1F)C(C)C. The zero-order chi connectivity index (χ0) is 17.6. The maximum Gasteiger partial charge on any atom is 0.257 e. The van der Waals surface area contributed by atoms with Crippen LogP contribution in [0.15, 0.2) is 18.2 Å². The van der Waals surface area contributed by atoms with E-state index in [1.807, 2.05) is 6.92 Å². The van der Waals surface area contributed by atoms with Gasteiger partial charge >= 0.3 is 0 Å². The number of rotatable bonds is 7. The number of carbonyl (C=O) groups excluding carboxylic acids is 2. The van der Waals surface area contributed by atoms with Crippen LogP contribution in [-0.2, 0) is 4.79 Å². The summed E-state index contributed by atoms with van der Waals surface area (Å²) in [6.45, 7) is 6.13. The average molecular weight is 326 g/mol. The lowest BCUT2D eigenvalue weighted by molar-refractivity contribution is -0.133. The predicted molar refractivity (Wildman–Crippen MR) is 85.0 cm³/mol. The summed E-state index contributed by atoms with van der Waals surface area (Å²) in [6, 6.07) is 2.38. The summed E-state index contributed by atoms with van der Waals surface area (Å²) < 4.78 is 27.4. The maximum atomic E-state index is 13.7. The molecule has 0 radical (unpaired) electrons. The number of hydrogen-bond acceptors (Lipinski definition) is 2. The van der Waals surface area contributed by atoms with Gasteiger partial charge in [0.05, 0.1) is 0 Å². The van der Waals surface area contributed by atoms with Crippen LogP contribution in [0.25, 0.3) is 0 Å². The molecule has 1 unspecified atom stereocenters. The van der Waals surface area contributed by atoms with Crippen molar-refractivity contribution in [2.45, 2.75) is 39.7 Å². The van der Waals surface area contributed by atoms with E-state index in [0.29, 0.717) is 6.54 Å². The van der Waals surface area contributed by atoms with Crippen LogP contribution in [0.2, 0.25) is 0 Å². The van der Waals surface area contributed by atoms with Crippen molar-refractivity contribution >= 4 is 11.8 Å². The van der Waals surface area contributed by atoms with Gasteiger partial charge in [0.2, 0.25) is 5.91 Å². The second kappa shape index (κ2) is 8.60. The zero-order valence-corrected chi connectivity index (χ0v) is 14.0. The molecular formula is C17H24F2N2O2. The molecule has 23 heavy (non-hydrogen) atoms. The van der Waals surface area contributed by atoms with Crippen LogP contribution < -0.4 is 5.32 Å². The van der Waals surface area contributed by atoms with Crippen molar-refractivity contribution in [2.75, 3.05) is 13.6 Å². The molecular weight excluding hydrogens is 302 g/mol. The summed E-state index contributed by atoms with van der Waals surface area (Å²) in [5.41, 5.74) is -0.665. The van der Waals surface area contributed by atoms with Crippen molar-refractivity contribution in [3.63, 3.8) is 0 Å². The van der Waals surface area contributed by atoms with Gasteiger partial charge in [-0.3, -0.25) is 9.59 Å². The van der Waals surface area contributed by atoms with E-state index in [1.54, 1.807) is 20.9 Å². The number of nitrogens with zero attached hydrogens (tertiary/aromatic N) is 1. The second-order valence-corrected chi connectivity index (χ2v) is 5.91. The van der Waals surface area contributed by atoms with Gasteiger partial charge < -0.3 is 10.2 Å². The van der Waals surface area contributed by atoms with Crippen LogP contribution >= 0.6 is 0 Å². The highest BCUT2D eigenvalue weighted by molar-refractivity contribution is 5.98. The van der Waals surface area contributed by atoms with Gasteiger partial charge in [-0.1, -0.05) is 33.3 Å². The third-order valence-corrected chi connectivity index (χ3v) is 3.63. The molecule has 0 aliphatic rings. The van der Waals surface area contributed by atoms with Crippen LogP contribution in [0.5, 0.6) is 0 Å². The van der Waals surface area contributed by atoms with Gasteiger partial charge in [0, 0.05) is 13.6 Å². The standard InChI is InChI=1S/C17H24F2N2O2/c1-5-6-10-21(4)17(23)15(11(2)3)20-16(22)14-12(18)8-7-9-13(14)19/h7-9,11,15H,5-6,10H2,1-4H3,(H,20,22). The first-order valence-corrected chi connectivity index (χ1v) is 7.79. The number of benzene rings is 1. The summed E-state index contributed by atoms with van der Waals surface area (Å²) in [5, 5.41) is 2.46. The molecule has 2 amide bonds. The molecule has 0 saturated heterocycles. The number of amides is 2. The van der Waals surface area contributed by atoms with Crippen LogP contribution in [0.3, 0.4) is 0 Å². The van der Waals surface area contributed by atoms with Crippen LogP contribution in [0.1, 0.15) is 44.0 Å². The van der Waals surface area contributed by atoms with Crippen molar-refractivity contribution < 1.29 is 18.4 Å². The van der Waals surface area contributed by atoms with Gasteiger partial charge in [-0.15, -0.1) is 0 Å². The monoisotopic (exact) mass is 326 g/mol. The average Bonchev–Trinajstić information content (AvgIpc) is 2.49. The normalized spacial score (nSPS) is 12.1. The summed E-state index contributed by atoms with van der Waals surface area (Å²) in [5.74, 6) is -3.28. The Labute approximate surface area is 135 Å². The van der Waals surface area contributed by atoms with Gasteiger partial charge in [-0.25, -0.2) is 8.78 Å². The van der Waals surface area contributed by atoms with Crippen LogP contribution in [0, 0.1) is 17.6 Å². The van der Waals surface area contributed by atoms with Crippen LogP contribution in [0.4, 0.5) is 8.78 Å². The molecule has 0 aromatic heterocycles. The molecule has 0 saturated carbocycles.